The Bertz CT molecular complexity index is 805. The highest BCUT2D eigenvalue weighted by Crippen LogP contribution is 2.41. The Labute approximate surface area is 137 Å². The second-order valence-electron chi connectivity index (χ2n) is 6.16. The van der Waals surface area contributed by atoms with Gasteiger partial charge in [-0.3, -0.25) is 4.79 Å². The second-order valence-corrected chi connectivity index (χ2v) is 9.52. The van der Waals surface area contributed by atoms with Gasteiger partial charge in [0.25, 0.3) is 5.91 Å². The Morgan fingerprint density at radius 1 is 1.30 bits per heavy atom. The number of rotatable bonds is 2. The Hall–Kier alpha value is -1.41. The van der Waals surface area contributed by atoms with Crippen molar-refractivity contribution in [2.75, 3.05) is 16.4 Å². The molecule has 3 fully saturated rings. The molecule has 1 saturated carbocycles. The summed E-state index contributed by atoms with van der Waals surface area (Å²) in [4.78, 5) is 18.0. The number of carbonyl (C=O) groups is 1. The number of halogens is 1. The van der Waals surface area contributed by atoms with E-state index in [-0.39, 0.29) is 34.6 Å². The minimum Gasteiger partial charge on any atom is -0.315 e. The summed E-state index contributed by atoms with van der Waals surface area (Å²) >= 11 is 1.32. The number of anilines is 1. The van der Waals surface area contributed by atoms with E-state index >= 15 is 0 Å². The van der Waals surface area contributed by atoms with Crippen LogP contribution in [0.1, 0.15) is 12.8 Å². The third kappa shape index (κ3) is 2.89. The zero-order valence-corrected chi connectivity index (χ0v) is 13.8. The van der Waals surface area contributed by atoms with Gasteiger partial charge in [-0.1, -0.05) is 17.8 Å². The van der Waals surface area contributed by atoms with Crippen molar-refractivity contribution in [3.63, 3.8) is 0 Å². The van der Waals surface area contributed by atoms with Crippen LogP contribution < -0.4 is 4.90 Å². The number of amides is 1. The van der Waals surface area contributed by atoms with Crippen LogP contribution >= 0.6 is 11.8 Å². The van der Waals surface area contributed by atoms with Crippen molar-refractivity contribution in [1.29, 1.82) is 0 Å². The van der Waals surface area contributed by atoms with Crippen LogP contribution in [0.3, 0.4) is 0 Å². The van der Waals surface area contributed by atoms with E-state index < -0.39 is 15.7 Å². The fourth-order valence-electron chi connectivity index (χ4n) is 3.01. The molecule has 0 radical (unpaired) electrons. The van der Waals surface area contributed by atoms with E-state index in [1.54, 1.807) is 17.0 Å². The van der Waals surface area contributed by atoms with Crippen LogP contribution in [0.4, 0.5) is 10.1 Å². The summed E-state index contributed by atoms with van der Waals surface area (Å²) < 4.78 is 37.4. The maximum atomic E-state index is 13.6. The lowest BCUT2D eigenvalue weighted by Gasteiger charge is -2.24. The fraction of sp³-hybridized carbons (Fsp3) is 0.467. The van der Waals surface area contributed by atoms with Gasteiger partial charge in [0.2, 0.25) is 0 Å². The van der Waals surface area contributed by atoms with Crippen LogP contribution in [0.5, 0.6) is 0 Å². The molecular formula is C15H15FN2O3S2. The number of hydrogen-bond acceptors (Lipinski definition) is 4. The third-order valence-electron chi connectivity index (χ3n) is 4.29. The molecule has 1 amide bonds. The molecule has 122 valence electrons. The molecule has 23 heavy (non-hydrogen) atoms. The van der Waals surface area contributed by atoms with Crippen molar-refractivity contribution >= 4 is 38.4 Å². The maximum Gasteiger partial charge on any atom is 0.251 e. The highest BCUT2D eigenvalue weighted by Gasteiger charge is 2.49. The van der Waals surface area contributed by atoms with E-state index in [2.05, 4.69) is 4.99 Å². The third-order valence-corrected chi connectivity index (χ3v) is 7.50. The minimum atomic E-state index is -3.11. The SMILES string of the molecule is O=C(N=C1S[C@H]2CS(=O)(=O)C[C@@H]2N1c1cccc(F)c1)C1CC1. The molecule has 4 rings (SSSR count). The number of sulfone groups is 1. The van der Waals surface area contributed by atoms with Crippen molar-refractivity contribution in [2.24, 2.45) is 10.9 Å². The number of carbonyl (C=O) groups excluding carboxylic acids is 1. The molecule has 2 aliphatic heterocycles. The Kier molecular flexibility index (Phi) is 3.49. The molecule has 0 bridgehead atoms. The van der Waals surface area contributed by atoms with E-state index in [4.69, 9.17) is 0 Å². The van der Waals surface area contributed by atoms with Gasteiger partial charge in [0.05, 0.1) is 17.5 Å². The largest absolute Gasteiger partial charge is 0.315 e. The van der Waals surface area contributed by atoms with Gasteiger partial charge < -0.3 is 4.90 Å². The smallest absolute Gasteiger partial charge is 0.251 e. The van der Waals surface area contributed by atoms with Crippen molar-refractivity contribution in [3.8, 4) is 0 Å². The zero-order chi connectivity index (χ0) is 16.2. The lowest BCUT2D eigenvalue weighted by molar-refractivity contribution is -0.118. The highest BCUT2D eigenvalue weighted by molar-refractivity contribution is 8.16. The summed E-state index contributed by atoms with van der Waals surface area (Å²) in [5.41, 5.74) is 0.546. The summed E-state index contributed by atoms with van der Waals surface area (Å²) in [6.45, 7) is 0. The molecule has 8 heteroatoms. The summed E-state index contributed by atoms with van der Waals surface area (Å²) in [5.74, 6) is -0.467. The molecule has 1 aromatic rings. The number of benzene rings is 1. The highest BCUT2D eigenvalue weighted by atomic mass is 32.2. The number of fused-ring (bicyclic) bond motifs is 1. The summed E-state index contributed by atoms with van der Waals surface area (Å²) in [7, 11) is -3.11. The molecule has 5 nitrogen and oxygen atoms in total. The first-order valence-electron chi connectivity index (χ1n) is 7.47. The Balaban J connectivity index is 1.73. The fourth-order valence-corrected chi connectivity index (χ4v) is 6.93. The summed E-state index contributed by atoms with van der Waals surface area (Å²) in [6, 6.07) is 5.69. The van der Waals surface area contributed by atoms with Gasteiger partial charge in [0, 0.05) is 16.9 Å². The van der Waals surface area contributed by atoms with Gasteiger partial charge in [-0.05, 0) is 31.0 Å². The molecule has 1 aliphatic carbocycles. The Morgan fingerprint density at radius 2 is 2.09 bits per heavy atom. The average molecular weight is 354 g/mol. The van der Waals surface area contributed by atoms with Gasteiger partial charge in [0.15, 0.2) is 15.0 Å². The number of nitrogens with zero attached hydrogens (tertiary/aromatic N) is 2. The molecule has 0 spiro atoms. The maximum absolute atomic E-state index is 13.6. The van der Waals surface area contributed by atoms with Gasteiger partial charge in [-0.15, -0.1) is 0 Å². The lowest BCUT2D eigenvalue weighted by atomic mass is 10.2. The van der Waals surface area contributed by atoms with Crippen LogP contribution in [-0.2, 0) is 14.6 Å². The van der Waals surface area contributed by atoms with Gasteiger partial charge in [-0.2, -0.15) is 4.99 Å². The van der Waals surface area contributed by atoms with Gasteiger partial charge >= 0.3 is 0 Å². The predicted octanol–water partition coefficient (Wildman–Crippen LogP) is 1.84. The first-order chi connectivity index (χ1) is 10.9. The van der Waals surface area contributed by atoms with E-state index in [0.29, 0.717) is 10.9 Å². The van der Waals surface area contributed by atoms with E-state index in [0.717, 1.165) is 12.8 Å². The first-order valence-corrected chi connectivity index (χ1v) is 10.2. The van der Waals surface area contributed by atoms with E-state index in [9.17, 15) is 17.6 Å². The first kappa shape index (κ1) is 15.1. The molecule has 2 heterocycles. The van der Waals surface area contributed by atoms with Crippen molar-refractivity contribution in [3.05, 3.63) is 30.1 Å². The van der Waals surface area contributed by atoms with Gasteiger partial charge in [0.1, 0.15) is 5.82 Å². The predicted molar refractivity (Wildman–Crippen MR) is 87.9 cm³/mol. The average Bonchev–Trinajstić information content (AvgIpc) is 3.20. The number of thioether (sulfide) groups is 1. The number of amidine groups is 1. The molecular weight excluding hydrogens is 339 g/mol. The van der Waals surface area contributed by atoms with Crippen LogP contribution in [0.25, 0.3) is 0 Å². The molecule has 0 unspecified atom stereocenters. The topological polar surface area (TPSA) is 66.8 Å². The normalized spacial score (nSPS) is 30.7. The number of aliphatic imine (C=N–C) groups is 1. The van der Waals surface area contributed by atoms with Gasteiger partial charge in [-0.25, -0.2) is 12.8 Å². The molecule has 3 aliphatic rings. The Morgan fingerprint density at radius 3 is 2.78 bits per heavy atom. The molecule has 1 aromatic carbocycles. The van der Waals surface area contributed by atoms with E-state index in [1.807, 2.05) is 0 Å². The van der Waals surface area contributed by atoms with Crippen LogP contribution in [0.15, 0.2) is 29.3 Å². The quantitative estimate of drug-likeness (QED) is 0.811. The van der Waals surface area contributed by atoms with Crippen molar-refractivity contribution < 1.29 is 17.6 Å². The second kappa shape index (κ2) is 5.31. The molecule has 2 saturated heterocycles. The molecule has 0 aromatic heterocycles. The van der Waals surface area contributed by atoms with Crippen LogP contribution in [0, 0.1) is 11.7 Å². The zero-order valence-electron chi connectivity index (χ0n) is 12.2. The lowest BCUT2D eigenvalue weighted by Crippen LogP contribution is -2.37. The molecule has 0 N–H and O–H groups in total. The molecule has 2 atom stereocenters. The van der Waals surface area contributed by atoms with E-state index in [1.165, 1.54) is 23.9 Å². The summed E-state index contributed by atoms with van der Waals surface area (Å²) in [6.07, 6.45) is 1.73. The van der Waals surface area contributed by atoms with Crippen LogP contribution in [-0.4, -0.2) is 42.3 Å². The van der Waals surface area contributed by atoms with Crippen LogP contribution in [0.2, 0.25) is 0 Å². The summed E-state index contributed by atoms with van der Waals surface area (Å²) in [5, 5.41) is 0.339. The number of hydrogen-bond donors (Lipinski definition) is 0. The monoisotopic (exact) mass is 354 g/mol. The van der Waals surface area contributed by atoms with Crippen molar-refractivity contribution in [1.82, 2.24) is 0 Å². The minimum absolute atomic E-state index is 0.00151. The standard InChI is InChI=1S/C15H15FN2O3S2/c16-10-2-1-3-11(6-10)18-12-7-23(20,21)8-13(12)22-15(18)17-14(19)9-4-5-9/h1-3,6,9,12-13H,4-5,7-8H2/t12-,13-/m0/s1. The van der Waals surface area contributed by atoms with Crippen molar-refractivity contribution in [2.45, 2.75) is 24.1 Å².